The van der Waals surface area contributed by atoms with Gasteiger partial charge in [0, 0.05) is 19.4 Å². The Labute approximate surface area is 122 Å². The molecule has 0 unspecified atom stereocenters. The maximum atomic E-state index is 13.4. The van der Waals surface area contributed by atoms with Gasteiger partial charge in [0.2, 0.25) is 0 Å². The smallest absolute Gasteiger partial charge is 0.362 e. The SMILES string of the molecule is Cn1ncc(F)c1NCc1cn2cc(C(F)(F)F)ccc2n1. The zero-order valence-corrected chi connectivity index (χ0v) is 11.4. The summed E-state index contributed by atoms with van der Waals surface area (Å²) in [7, 11) is 1.57. The highest BCUT2D eigenvalue weighted by Crippen LogP contribution is 2.29. The average molecular weight is 313 g/mol. The molecule has 0 radical (unpaired) electrons. The number of nitrogens with zero attached hydrogens (tertiary/aromatic N) is 4. The molecule has 3 heterocycles. The van der Waals surface area contributed by atoms with Crippen molar-refractivity contribution in [2.45, 2.75) is 12.7 Å². The van der Waals surface area contributed by atoms with E-state index in [-0.39, 0.29) is 12.4 Å². The lowest BCUT2D eigenvalue weighted by molar-refractivity contribution is -0.137. The van der Waals surface area contributed by atoms with Gasteiger partial charge in [-0.05, 0) is 12.1 Å². The van der Waals surface area contributed by atoms with Gasteiger partial charge < -0.3 is 9.72 Å². The van der Waals surface area contributed by atoms with Crippen LogP contribution >= 0.6 is 0 Å². The van der Waals surface area contributed by atoms with Crippen molar-refractivity contribution in [2.75, 3.05) is 5.32 Å². The van der Waals surface area contributed by atoms with Gasteiger partial charge in [0.25, 0.3) is 0 Å². The van der Waals surface area contributed by atoms with Crippen LogP contribution in [0, 0.1) is 5.82 Å². The highest BCUT2D eigenvalue weighted by atomic mass is 19.4. The zero-order chi connectivity index (χ0) is 15.9. The minimum Gasteiger partial charge on any atom is -0.362 e. The summed E-state index contributed by atoms with van der Waals surface area (Å²) in [6.07, 6.45) is -0.904. The van der Waals surface area contributed by atoms with Crippen LogP contribution in [0.3, 0.4) is 0 Å². The summed E-state index contributed by atoms with van der Waals surface area (Å²) in [5.74, 6) is -0.321. The van der Waals surface area contributed by atoms with Crippen molar-refractivity contribution in [2.24, 2.45) is 7.05 Å². The average Bonchev–Trinajstić information content (AvgIpc) is 2.98. The van der Waals surface area contributed by atoms with Crippen LogP contribution in [0.25, 0.3) is 5.65 Å². The van der Waals surface area contributed by atoms with E-state index in [2.05, 4.69) is 15.4 Å². The molecule has 0 bridgehead atoms. The molecule has 0 atom stereocenters. The molecule has 0 amide bonds. The first kappa shape index (κ1) is 14.4. The minimum atomic E-state index is -4.41. The number of pyridine rings is 1. The summed E-state index contributed by atoms with van der Waals surface area (Å²) in [6, 6.07) is 2.26. The molecule has 5 nitrogen and oxygen atoms in total. The van der Waals surface area contributed by atoms with Gasteiger partial charge in [0.1, 0.15) is 5.65 Å². The van der Waals surface area contributed by atoms with Crippen LogP contribution in [0.5, 0.6) is 0 Å². The molecule has 9 heteroatoms. The molecule has 0 spiro atoms. The summed E-state index contributed by atoms with van der Waals surface area (Å²) in [5.41, 5.74) is 0.116. The Balaban J connectivity index is 1.83. The summed E-state index contributed by atoms with van der Waals surface area (Å²) in [6.45, 7) is 0.166. The molecule has 0 aromatic carbocycles. The lowest BCUT2D eigenvalue weighted by atomic mass is 10.3. The van der Waals surface area contributed by atoms with Crippen LogP contribution in [0.2, 0.25) is 0 Å². The number of alkyl halides is 3. The summed E-state index contributed by atoms with van der Waals surface area (Å²) in [5, 5.41) is 6.55. The summed E-state index contributed by atoms with van der Waals surface area (Å²) >= 11 is 0. The molecule has 22 heavy (non-hydrogen) atoms. The number of fused-ring (bicyclic) bond motifs is 1. The number of hydrogen-bond acceptors (Lipinski definition) is 3. The summed E-state index contributed by atoms with van der Waals surface area (Å²) in [4.78, 5) is 4.18. The summed E-state index contributed by atoms with van der Waals surface area (Å²) < 4.78 is 54.0. The number of aryl methyl sites for hydroxylation is 1. The third-order valence-electron chi connectivity index (χ3n) is 3.16. The minimum absolute atomic E-state index is 0.166. The molecule has 0 aliphatic rings. The first-order chi connectivity index (χ1) is 10.3. The number of hydrogen-bond donors (Lipinski definition) is 1. The first-order valence-corrected chi connectivity index (χ1v) is 6.31. The highest BCUT2D eigenvalue weighted by molar-refractivity contribution is 5.43. The van der Waals surface area contributed by atoms with Crippen LogP contribution in [0.1, 0.15) is 11.3 Å². The molecule has 0 fully saturated rings. The van der Waals surface area contributed by atoms with Crippen LogP contribution in [0.15, 0.2) is 30.7 Å². The fourth-order valence-corrected chi connectivity index (χ4v) is 2.08. The van der Waals surface area contributed by atoms with Crippen molar-refractivity contribution in [1.82, 2.24) is 19.2 Å². The normalized spacial score (nSPS) is 12.0. The zero-order valence-electron chi connectivity index (χ0n) is 11.4. The first-order valence-electron chi connectivity index (χ1n) is 6.31. The molecule has 3 rings (SSSR count). The lowest BCUT2D eigenvalue weighted by Gasteiger charge is -2.05. The second-order valence-corrected chi connectivity index (χ2v) is 4.73. The van der Waals surface area contributed by atoms with Gasteiger partial charge in [-0.25, -0.2) is 9.37 Å². The topological polar surface area (TPSA) is 47.2 Å². The van der Waals surface area contributed by atoms with E-state index >= 15 is 0 Å². The molecule has 116 valence electrons. The van der Waals surface area contributed by atoms with Gasteiger partial charge in [-0.15, -0.1) is 0 Å². The van der Waals surface area contributed by atoms with E-state index in [0.29, 0.717) is 11.3 Å². The third kappa shape index (κ3) is 2.61. The number of halogens is 4. The highest BCUT2D eigenvalue weighted by Gasteiger charge is 2.30. The van der Waals surface area contributed by atoms with E-state index in [1.165, 1.54) is 21.3 Å². The third-order valence-corrected chi connectivity index (χ3v) is 3.16. The van der Waals surface area contributed by atoms with Crippen LogP contribution in [0.4, 0.5) is 23.4 Å². The van der Waals surface area contributed by atoms with Gasteiger partial charge in [0.15, 0.2) is 11.6 Å². The van der Waals surface area contributed by atoms with Gasteiger partial charge in [-0.2, -0.15) is 18.3 Å². The molecule has 1 N–H and O–H groups in total. The molecule has 0 saturated heterocycles. The number of rotatable bonds is 3. The largest absolute Gasteiger partial charge is 0.417 e. The van der Waals surface area contributed by atoms with Crippen molar-refractivity contribution in [3.8, 4) is 0 Å². The number of anilines is 1. The van der Waals surface area contributed by atoms with E-state index in [4.69, 9.17) is 0 Å². The molecule has 3 aromatic rings. The molecule has 0 aliphatic carbocycles. The Morgan fingerprint density at radius 1 is 1.23 bits per heavy atom. The Morgan fingerprint density at radius 3 is 2.64 bits per heavy atom. The molecule has 0 aliphatic heterocycles. The van der Waals surface area contributed by atoms with Crippen LogP contribution in [-0.4, -0.2) is 19.2 Å². The lowest BCUT2D eigenvalue weighted by Crippen LogP contribution is -2.06. The Kier molecular flexibility index (Phi) is 3.27. The standard InChI is InChI=1S/C13H11F4N5/c1-21-12(10(14)5-19-21)18-4-9-7-22-6-8(13(15,16)17)2-3-11(22)20-9/h2-3,5-7,18H,4H2,1H3. The van der Waals surface area contributed by atoms with E-state index in [9.17, 15) is 17.6 Å². The maximum Gasteiger partial charge on any atom is 0.417 e. The predicted octanol–water partition coefficient (Wildman–Crippen LogP) is 2.84. The van der Waals surface area contributed by atoms with Gasteiger partial charge in [-0.1, -0.05) is 0 Å². The Morgan fingerprint density at radius 2 is 2.00 bits per heavy atom. The van der Waals surface area contributed by atoms with Crippen molar-refractivity contribution in [3.05, 3.63) is 47.8 Å². The number of nitrogens with one attached hydrogen (secondary N) is 1. The Bertz CT molecular complexity index is 798. The fourth-order valence-electron chi connectivity index (χ4n) is 2.08. The molecule has 3 aromatic heterocycles. The van der Waals surface area contributed by atoms with Crippen LogP contribution in [-0.2, 0) is 19.8 Å². The van der Waals surface area contributed by atoms with Crippen molar-refractivity contribution in [1.29, 1.82) is 0 Å². The second-order valence-electron chi connectivity index (χ2n) is 4.73. The van der Waals surface area contributed by atoms with Crippen molar-refractivity contribution in [3.63, 3.8) is 0 Å². The fraction of sp³-hybridized carbons (Fsp3) is 0.231. The quantitative estimate of drug-likeness (QED) is 0.756. The maximum absolute atomic E-state index is 13.4. The Hall–Kier alpha value is -2.58. The number of imidazole rings is 1. The van der Waals surface area contributed by atoms with E-state index in [0.717, 1.165) is 18.5 Å². The van der Waals surface area contributed by atoms with Crippen LogP contribution < -0.4 is 5.32 Å². The van der Waals surface area contributed by atoms with Crippen molar-refractivity contribution < 1.29 is 17.6 Å². The second kappa shape index (κ2) is 5.00. The molecule has 0 saturated carbocycles. The van der Waals surface area contributed by atoms with Gasteiger partial charge in [-0.3, -0.25) is 4.68 Å². The number of aromatic nitrogens is 4. The monoisotopic (exact) mass is 313 g/mol. The van der Waals surface area contributed by atoms with Crippen molar-refractivity contribution >= 4 is 11.5 Å². The van der Waals surface area contributed by atoms with E-state index < -0.39 is 17.6 Å². The van der Waals surface area contributed by atoms with Gasteiger partial charge >= 0.3 is 6.18 Å². The predicted molar refractivity (Wildman–Crippen MR) is 70.7 cm³/mol. The molecular weight excluding hydrogens is 302 g/mol. The van der Waals surface area contributed by atoms with E-state index in [1.807, 2.05) is 0 Å². The molecular formula is C13H11F4N5. The van der Waals surface area contributed by atoms with E-state index in [1.54, 1.807) is 7.05 Å². The van der Waals surface area contributed by atoms with Gasteiger partial charge in [0.05, 0.1) is 24.0 Å².